The second-order valence-corrected chi connectivity index (χ2v) is 7.73. The molecule has 0 heterocycles. The number of hydrogen-bond donors (Lipinski definition) is 4. The van der Waals surface area contributed by atoms with E-state index in [2.05, 4.69) is 0 Å². The van der Waals surface area contributed by atoms with E-state index < -0.39 is 23.9 Å². The molecule has 0 aliphatic heterocycles. The molecule has 0 fully saturated rings. The van der Waals surface area contributed by atoms with Gasteiger partial charge in [-0.05, 0) is 45.5 Å². The molecule has 0 aliphatic carbocycles. The van der Waals surface area contributed by atoms with Crippen LogP contribution in [0.15, 0.2) is 60.7 Å². The lowest BCUT2D eigenvalue weighted by molar-refractivity contribution is 0.0651. The minimum atomic E-state index is -1.42. The third kappa shape index (κ3) is 3.81. The smallest absolute Gasteiger partial charge is 0.337 e. The van der Waals surface area contributed by atoms with Crippen LogP contribution in [0.1, 0.15) is 52.6 Å². The highest BCUT2D eigenvalue weighted by Crippen LogP contribution is 2.30. The molecule has 4 aromatic rings. The van der Waals surface area contributed by atoms with Crippen LogP contribution in [0.3, 0.4) is 0 Å². The van der Waals surface area contributed by atoms with Crippen LogP contribution in [0.25, 0.3) is 21.5 Å². The summed E-state index contributed by atoms with van der Waals surface area (Å²) in [7, 11) is 0. The van der Waals surface area contributed by atoms with Gasteiger partial charge in [0.2, 0.25) is 0 Å². The van der Waals surface area contributed by atoms with Crippen LogP contribution in [0.5, 0.6) is 0 Å². The van der Waals surface area contributed by atoms with E-state index in [0.29, 0.717) is 10.8 Å². The van der Waals surface area contributed by atoms with E-state index in [1.807, 2.05) is 0 Å². The summed E-state index contributed by atoms with van der Waals surface area (Å²) in [6.45, 7) is 0. The van der Waals surface area contributed by atoms with Gasteiger partial charge in [0, 0.05) is 0 Å². The molecule has 8 heteroatoms. The average Bonchev–Trinajstić information content (AvgIpc) is 2.79. The van der Waals surface area contributed by atoms with Gasteiger partial charge in [0.25, 0.3) is 0 Å². The minimum absolute atomic E-state index is 0.00950. The van der Waals surface area contributed by atoms with Gasteiger partial charge >= 0.3 is 23.9 Å². The number of fused-ring (bicyclic) bond motifs is 2. The van der Waals surface area contributed by atoms with Crippen LogP contribution in [-0.2, 0) is 12.8 Å². The van der Waals surface area contributed by atoms with E-state index in [1.165, 1.54) is 12.1 Å². The fraction of sp³-hybridized carbons (Fsp3) is 0.0769. The van der Waals surface area contributed by atoms with E-state index >= 15 is 0 Å². The predicted molar refractivity (Wildman–Crippen MR) is 123 cm³/mol. The van der Waals surface area contributed by atoms with Gasteiger partial charge < -0.3 is 20.4 Å². The molecule has 170 valence electrons. The number of rotatable bonds is 7. The Hall–Kier alpha value is -4.72. The lowest BCUT2D eigenvalue weighted by Gasteiger charge is -2.15. The molecule has 0 saturated carbocycles. The maximum atomic E-state index is 12.1. The van der Waals surface area contributed by atoms with Gasteiger partial charge in [0.05, 0.1) is 22.3 Å². The maximum absolute atomic E-state index is 12.1. The van der Waals surface area contributed by atoms with E-state index in [-0.39, 0.29) is 57.0 Å². The summed E-state index contributed by atoms with van der Waals surface area (Å²) in [4.78, 5) is 48.1. The zero-order valence-corrected chi connectivity index (χ0v) is 17.6. The molecule has 4 aromatic carbocycles. The highest BCUT2D eigenvalue weighted by molar-refractivity contribution is 6.14. The van der Waals surface area contributed by atoms with E-state index in [9.17, 15) is 39.6 Å². The summed E-state index contributed by atoms with van der Waals surface area (Å²) < 4.78 is 0. The standard InChI is InChI=1S/C26H18O8/c27-23(28)19-15(11-13-5-1-3-7-17(13)21(19)25(31)32)9-10-16-12-14-6-2-4-8-18(14)22(26(33)34)20(16)24(29)30/h1-8,11-12H,9-10H2,(H,27,28)(H,29,30)(H,31,32)(H,33,34). The van der Waals surface area contributed by atoms with Crippen molar-refractivity contribution >= 4 is 45.4 Å². The van der Waals surface area contributed by atoms with Gasteiger partial charge in [-0.1, -0.05) is 60.7 Å². The van der Waals surface area contributed by atoms with Crippen LogP contribution in [0.2, 0.25) is 0 Å². The molecule has 0 amide bonds. The van der Waals surface area contributed by atoms with E-state index in [0.717, 1.165) is 0 Å². The molecule has 8 nitrogen and oxygen atoms in total. The fourth-order valence-corrected chi connectivity index (χ4v) is 4.41. The number of hydrogen-bond acceptors (Lipinski definition) is 4. The highest BCUT2D eigenvalue weighted by atomic mass is 16.4. The number of benzene rings is 4. The lowest BCUT2D eigenvalue weighted by atomic mass is 9.88. The number of aryl methyl sites for hydroxylation is 2. The predicted octanol–water partition coefficient (Wildman–Crippen LogP) is 4.57. The maximum Gasteiger partial charge on any atom is 0.337 e. The summed E-state index contributed by atoms with van der Waals surface area (Å²) in [5.74, 6) is -5.61. The Labute approximate surface area is 192 Å². The van der Waals surface area contributed by atoms with Crippen molar-refractivity contribution in [2.24, 2.45) is 0 Å². The van der Waals surface area contributed by atoms with Crippen LogP contribution < -0.4 is 0 Å². The highest BCUT2D eigenvalue weighted by Gasteiger charge is 2.26. The van der Waals surface area contributed by atoms with Gasteiger partial charge in [-0.15, -0.1) is 0 Å². The van der Waals surface area contributed by atoms with Gasteiger partial charge in [-0.2, -0.15) is 0 Å². The number of carbonyl (C=O) groups is 4. The molecule has 0 unspecified atom stereocenters. The largest absolute Gasteiger partial charge is 0.478 e. The SMILES string of the molecule is O=C(O)c1c(CCc2cc3ccccc3c(C(=O)O)c2C(=O)O)cc2ccccc2c1C(=O)O. The molecule has 0 spiro atoms. The first-order valence-corrected chi connectivity index (χ1v) is 10.2. The molecular weight excluding hydrogens is 440 g/mol. The second-order valence-electron chi connectivity index (χ2n) is 7.73. The Balaban J connectivity index is 1.91. The normalized spacial score (nSPS) is 10.9. The molecule has 0 bridgehead atoms. The molecule has 0 saturated heterocycles. The third-order valence-corrected chi connectivity index (χ3v) is 5.78. The van der Waals surface area contributed by atoms with Gasteiger partial charge in [-0.25, -0.2) is 19.2 Å². The first-order valence-electron chi connectivity index (χ1n) is 10.2. The summed E-state index contributed by atoms with van der Waals surface area (Å²) in [6, 6.07) is 16.2. The Morgan fingerprint density at radius 3 is 1.15 bits per heavy atom. The summed E-state index contributed by atoms with van der Waals surface area (Å²) in [5.41, 5.74) is -1.01. The Bertz CT molecular complexity index is 1400. The van der Waals surface area contributed by atoms with Gasteiger partial charge in [0.15, 0.2) is 0 Å². The summed E-state index contributed by atoms with van der Waals surface area (Å²) in [6.07, 6.45) is -0.0190. The first-order chi connectivity index (χ1) is 16.2. The van der Waals surface area contributed by atoms with E-state index in [4.69, 9.17) is 0 Å². The van der Waals surface area contributed by atoms with Crippen LogP contribution in [0.4, 0.5) is 0 Å². The molecule has 34 heavy (non-hydrogen) atoms. The van der Waals surface area contributed by atoms with Crippen molar-refractivity contribution in [3.8, 4) is 0 Å². The molecule has 0 aromatic heterocycles. The Morgan fingerprint density at radius 1 is 0.500 bits per heavy atom. The molecule has 4 rings (SSSR count). The Morgan fingerprint density at radius 2 is 0.824 bits per heavy atom. The summed E-state index contributed by atoms with van der Waals surface area (Å²) >= 11 is 0. The number of carboxylic acids is 4. The van der Waals surface area contributed by atoms with Crippen LogP contribution in [-0.4, -0.2) is 44.3 Å². The number of aromatic carboxylic acids is 4. The van der Waals surface area contributed by atoms with Crippen molar-refractivity contribution in [1.82, 2.24) is 0 Å². The molecule has 0 aliphatic rings. The summed E-state index contributed by atoms with van der Waals surface area (Å²) in [5, 5.41) is 40.8. The van der Waals surface area contributed by atoms with Crippen molar-refractivity contribution in [3.63, 3.8) is 0 Å². The first kappa shape index (κ1) is 22.5. The second kappa shape index (κ2) is 8.67. The van der Waals surface area contributed by atoms with Gasteiger partial charge in [-0.3, -0.25) is 0 Å². The Kier molecular flexibility index (Phi) is 5.73. The van der Waals surface area contributed by atoms with Crippen molar-refractivity contribution < 1.29 is 39.6 Å². The molecule has 4 N–H and O–H groups in total. The quantitative estimate of drug-likeness (QED) is 0.315. The molecular formula is C26H18O8. The van der Waals surface area contributed by atoms with Crippen LogP contribution in [0, 0.1) is 0 Å². The van der Waals surface area contributed by atoms with Gasteiger partial charge in [0.1, 0.15) is 0 Å². The average molecular weight is 458 g/mol. The minimum Gasteiger partial charge on any atom is -0.478 e. The van der Waals surface area contributed by atoms with Crippen molar-refractivity contribution in [2.45, 2.75) is 12.8 Å². The van der Waals surface area contributed by atoms with Crippen molar-refractivity contribution in [2.75, 3.05) is 0 Å². The van der Waals surface area contributed by atoms with Crippen molar-refractivity contribution in [3.05, 3.63) is 94.0 Å². The van der Waals surface area contributed by atoms with E-state index in [1.54, 1.807) is 48.5 Å². The zero-order chi connectivity index (χ0) is 24.6. The lowest BCUT2D eigenvalue weighted by Crippen LogP contribution is -2.15. The fourth-order valence-electron chi connectivity index (χ4n) is 4.41. The topological polar surface area (TPSA) is 149 Å². The van der Waals surface area contributed by atoms with Crippen molar-refractivity contribution in [1.29, 1.82) is 0 Å². The number of carboxylic acid groups (broad SMARTS) is 4. The molecule has 0 atom stereocenters. The van der Waals surface area contributed by atoms with Crippen LogP contribution >= 0.6 is 0 Å². The zero-order valence-electron chi connectivity index (χ0n) is 17.6. The third-order valence-electron chi connectivity index (χ3n) is 5.78. The molecule has 0 radical (unpaired) electrons. The monoisotopic (exact) mass is 458 g/mol.